The van der Waals surface area contributed by atoms with Gasteiger partial charge in [0, 0.05) is 18.3 Å². The summed E-state index contributed by atoms with van der Waals surface area (Å²) in [5.74, 6) is -0.0755. The van der Waals surface area contributed by atoms with Crippen LogP contribution in [0.5, 0.6) is 0 Å². The van der Waals surface area contributed by atoms with E-state index in [1.807, 2.05) is 69.0 Å². The Kier molecular flexibility index (Phi) is 4.81. The minimum Gasteiger partial charge on any atom is -0.444 e. The molecule has 1 aromatic heterocycles. The lowest BCUT2D eigenvalue weighted by Gasteiger charge is -2.39. The van der Waals surface area contributed by atoms with Gasteiger partial charge in [0.25, 0.3) is 5.91 Å². The predicted molar refractivity (Wildman–Crippen MR) is 110 cm³/mol. The molecule has 2 amide bonds. The fourth-order valence-corrected chi connectivity index (χ4v) is 4.36. The van der Waals surface area contributed by atoms with Gasteiger partial charge in [0.2, 0.25) is 0 Å². The fourth-order valence-electron chi connectivity index (χ4n) is 4.36. The molecule has 0 saturated carbocycles. The van der Waals surface area contributed by atoms with Crippen LogP contribution in [0.15, 0.2) is 48.7 Å². The molecular weight excluding hydrogens is 366 g/mol. The number of carbonyl (C=O) groups is 2. The van der Waals surface area contributed by atoms with Crippen molar-refractivity contribution in [3.05, 3.63) is 54.4 Å². The summed E-state index contributed by atoms with van der Waals surface area (Å²) in [6.45, 7) is 8.10. The van der Waals surface area contributed by atoms with Gasteiger partial charge >= 0.3 is 6.09 Å². The Hall–Kier alpha value is -2.89. The van der Waals surface area contributed by atoms with E-state index in [-0.39, 0.29) is 30.1 Å². The third kappa shape index (κ3) is 3.71. The van der Waals surface area contributed by atoms with E-state index in [1.165, 1.54) is 0 Å². The van der Waals surface area contributed by atoms with Crippen molar-refractivity contribution < 1.29 is 14.3 Å². The molecule has 0 radical (unpaired) electrons. The lowest BCUT2D eigenvalue weighted by atomic mass is 10.1. The summed E-state index contributed by atoms with van der Waals surface area (Å²) < 4.78 is 5.53. The number of likely N-dealkylation sites (tertiary alicyclic amines) is 2. The number of rotatable bonds is 2. The van der Waals surface area contributed by atoms with Gasteiger partial charge in [-0.15, -0.1) is 0 Å². The molecule has 0 spiro atoms. The number of hydrogen-bond acceptors (Lipinski definition) is 4. The molecule has 1 aromatic carbocycles. The average molecular weight is 393 g/mol. The van der Waals surface area contributed by atoms with Crippen molar-refractivity contribution in [1.82, 2.24) is 14.8 Å². The van der Waals surface area contributed by atoms with Crippen LogP contribution in [-0.2, 0) is 4.74 Å². The summed E-state index contributed by atoms with van der Waals surface area (Å²) in [4.78, 5) is 33.7. The number of hydrogen-bond donors (Lipinski definition) is 0. The third-order valence-electron chi connectivity index (χ3n) is 5.66. The molecule has 152 valence electrons. The number of aromatic nitrogens is 1. The van der Waals surface area contributed by atoms with Crippen molar-refractivity contribution in [2.75, 3.05) is 6.54 Å². The Labute approximate surface area is 171 Å². The predicted octanol–water partition coefficient (Wildman–Crippen LogP) is 3.97. The molecular formula is C23H27N3O3. The number of pyridine rings is 1. The van der Waals surface area contributed by atoms with Crippen LogP contribution in [0.2, 0.25) is 0 Å². The highest BCUT2D eigenvalue weighted by atomic mass is 16.6. The Morgan fingerprint density at radius 3 is 2.38 bits per heavy atom. The molecule has 6 nitrogen and oxygen atoms in total. The highest BCUT2D eigenvalue weighted by Gasteiger charge is 2.52. The maximum atomic E-state index is 13.1. The Morgan fingerprint density at radius 1 is 1.07 bits per heavy atom. The molecule has 2 saturated heterocycles. The second kappa shape index (κ2) is 7.17. The summed E-state index contributed by atoms with van der Waals surface area (Å²) in [6, 6.07) is 13.6. The molecule has 29 heavy (non-hydrogen) atoms. The molecule has 2 aliphatic heterocycles. The molecule has 0 aliphatic carbocycles. The molecule has 2 aromatic rings. The van der Waals surface area contributed by atoms with E-state index in [4.69, 9.17) is 4.74 Å². The van der Waals surface area contributed by atoms with Crippen molar-refractivity contribution in [1.29, 1.82) is 0 Å². The van der Waals surface area contributed by atoms with Crippen LogP contribution in [-0.4, -0.2) is 57.1 Å². The van der Waals surface area contributed by atoms with Crippen LogP contribution in [0.1, 0.15) is 44.6 Å². The number of fused-ring (bicyclic) bond motifs is 2. The molecule has 1 unspecified atom stereocenters. The van der Waals surface area contributed by atoms with E-state index >= 15 is 0 Å². The van der Waals surface area contributed by atoms with Gasteiger partial charge < -0.3 is 14.5 Å². The fraction of sp³-hybridized carbons (Fsp3) is 0.435. The SMILES string of the molecule is C[C@H]1C2C[C@@H](CN2C(=O)OC(C)(C)C)N1C(=O)c1ccc(-c2ccccc2)cn1. The van der Waals surface area contributed by atoms with Crippen LogP contribution in [0.4, 0.5) is 4.79 Å². The summed E-state index contributed by atoms with van der Waals surface area (Å²) >= 11 is 0. The quantitative estimate of drug-likeness (QED) is 0.774. The third-order valence-corrected chi connectivity index (χ3v) is 5.66. The second-order valence-corrected chi connectivity index (χ2v) is 8.84. The summed E-state index contributed by atoms with van der Waals surface area (Å²) in [7, 11) is 0. The van der Waals surface area contributed by atoms with Gasteiger partial charge in [-0.2, -0.15) is 0 Å². The molecule has 2 aliphatic rings. The zero-order valence-electron chi connectivity index (χ0n) is 17.3. The van der Waals surface area contributed by atoms with Crippen molar-refractivity contribution in [2.45, 2.75) is 57.8 Å². The Balaban J connectivity index is 1.47. The standard InChI is InChI=1S/C23H27N3O3/c1-15-20-12-18(14-25(20)22(28)29-23(2,3)4)26(15)21(27)19-11-10-17(13-24-19)16-8-6-5-7-9-16/h5-11,13,15,18,20H,12,14H2,1-4H3/t15-,18-,20?/m0/s1. The Bertz CT molecular complexity index is 903. The van der Waals surface area contributed by atoms with E-state index < -0.39 is 5.60 Å². The average Bonchev–Trinajstić information content (AvgIpc) is 3.25. The first kappa shape index (κ1) is 19.4. The van der Waals surface area contributed by atoms with E-state index in [1.54, 1.807) is 17.2 Å². The zero-order chi connectivity index (χ0) is 20.8. The number of carbonyl (C=O) groups excluding carboxylic acids is 2. The van der Waals surface area contributed by atoms with Crippen LogP contribution in [0.25, 0.3) is 11.1 Å². The molecule has 3 atom stereocenters. The summed E-state index contributed by atoms with van der Waals surface area (Å²) in [5, 5.41) is 0. The van der Waals surface area contributed by atoms with Gasteiger partial charge in [-0.3, -0.25) is 9.78 Å². The molecule has 4 rings (SSSR count). The highest BCUT2D eigenvalue weighted by molar-refractivity contribution is 5.93. The van der Waals surface area contributed by atoms with Crippen LogP contribution in [0.3, 0.4) is 0 Å². The molecule has 0 N–H and O–H groups in total. The lowest BCUT2D eigenvalue weighted by Crippen LogP contribution is -2.56. The molecule has 2 bridgehead atoms. The van der Waals surface area contributed by atoms with Crippen molar-refractivity contribution >= 4 is 12.0 Å². The minimum atomic E-state index is -0.526. The molecule has 6 heteroatoms. The van der Waals surface area contributed by atoms with Gasteiger partial charge in [-0.1, -0.05) is 36.4 Å². The van der Waals surface area contributed by atoms with Crippen LogP contribution < -0.4 is 0 Å². The van der Waals surface area contributed by atoms with E-state index in [0.29, 0.717) is 12.2 Å². The number of nitrogens with zero attached hydrogens (tertiary/aromatic N) is 3. The largest absolute Gasteiger partial charge is 0.444 e. The van der Waals surface area contributed by atoms with Gasteiger partial charge in [-0.25, -0.2) is 4.79 Å². The second-order valence-electron chi connectivity index (χ2n) is 8.84. The topological polar surface area (TPSA) is 62.7 Å². The van der Waals surface area contributed by atoms with E-state index in [9.17, 15) is 9.59 Å². The number of piperazine rings is 1. The Morgan fingerprint density at radius 2 is 1.79 bits per heavy atom. The first-order valence-corrected chi connectivity index (χ1v) is 10.1. The van der Waals surface area contributed by atoms with E-state index in [0.717, 1.165) is 17.5 Å². The number of amides is 2. The maximum Gasteiger partial charge on any atom is 0.410 e. The van der Waals surface area contributed by atoms with Gasteiger partial charge in [0.1, 0.15) is 11.3 Å². The highest BCUT2D eigenvalue weighted by Crippen LogP contribution is 2.37. The number of benzene rings is 1. The summed E-state index contributed by atoms with van der Waals surface area (Å²) in [5.41, 5.74) is 1.96. The van der Waals surface area contributed by atoms with Crippen molar-refractivity contribution in [2.24, 2.45) is 0 Å². The maximum absolute atomic E-state index is 13.1. The van der Waals surface area contributed by atoms with E-state index in [2.05, 4.69) is 4.98 Å². The lowest BCUT2D eigenvalue weighted by molar-refractivity contribution is 0.00428. The van der Waals surface area contributed by atoms with Gasteiger partial charge in [0.05, 0.1) is 18.1 Å². The van der Waals surface area contributed by atoms with Gasteiger partial charge in [-0.05, 0) is 45.7 Å². The first-order valence-electron chi connectivity index (χ1n) is 10.1. The van der Waals surface area contributed by atoms with Crippen LogP contribution in [0, 0.1) is 0 Å². The van der Waals surface area contributed by atoms with Crippen molar-refractivity contribution in [3.8, 4) is 11.1 Å². The monoisotopic (exact) mass is 393 g/mol. The molecule has 2 fully saturated rings. The van der Waals surface area contributed by atoms with Crippen LogP contribution >= 0.6 is 0 Å². The minimum absolute atomic E-state index is 0.00520. The van der Waals surface area contributed by atoms with Gasteiger partial charge in [0.15, 0.2) is 0 Å². The number of ether oxygens (including phenoxy) is 1. The zero-order valence-corrected chi connectivity index (χ0v) is 17.3. The first-order chi connectivity index (χ1) is 13.7. The molecule has 3 heterocycles. The van der Waals surface area contributed by atoms with Crippen molar-refractivity contribution in [3.63, 3.8) is 0 Å². The summed E-state index contributed by atoms with van der Waals surface area (Å²) in [6.07, 6.45) is 2.23. The normalized spacial score (nSPS) is 23.4. The smallest absolute Gasteiger partial charge is 0.410 e.